The first-order valence-corrected chi connectivity index (χ1v) is 5.89. The highest BCUT2D eigenvalue weighted by molar-refractivity contribution is 6.31. The maximum absolute atomic E-state index is 9.43. The minimum atomic E-state index is -0.331. The number of hydrogen-bond acceptors (Lipinski definition) is 3. The zero-order chi connectivity index (χ0) is 12.1. The number of hydrogen-bond donors (Lipinski definition) is 1. The average Bonchev–Trinajstić information content (AvgIpc) is 2.19. The quantitative estimate of drug-likeness (QED) is 0.861. The summed E-state index contributed by atoms with van der Waals surface area (Å²) in [7, 11) is 0. The van der Waals surface area contributed by atoms with Crippen LogP contribution in [0, 0.1) is 0 Å². The number of nitrogens with zero attached hydrogens (tertiary/aromatic N) is 2. The third-order valence-electron chi connectivity index (χ3n) is 2.46. The Morgan fingerprint density at radius 3 is 2.62 bits per heavy atom. The number of aliphatic hydroxyl groups is 1. The molecule has 1 N–H and O–H groups in total. The number of rotatable bonds is 5. The fourth-order valence-electron chi connectivity index (χ4n) is 1.55. The Hall–Kier alpha value is -0.640. The molecule has 16 heavy (non-hydrogen) atoms. The van der Waals surface area contributed by atoms with Gasteiger partial charge in [-0.1, -0.05) is 11.6 Å². The van der Waals surface area contributed by atoms with Crippen molar-refractivity contribution in [2.45, 2.75) is 39.5 Å². The van der Waals surface area contributed by atoms with Crippen LogP contribution >= 0.6 is 11.6 Å². The van der Waals surface area contributed by atoms with Crippen LogP contribution in [0.5, 0.6) is 0 Å². The summed E-state index contributed by atoms with van der Waals surface area (Å²) in [5.74, 6) is 0. The third-order valence-corrected chi connectivity index (χ3v) is 2.80. The maximum Gasteiger partial charge on any atom is 0.0639 e. The molecule has 90 valence electrons. The summed E-state index contributed by atoms with van der Waals surface area (Å²) >= 11 is 6.06. The highest BCUT2D eigenvalue weighted by Gasteiger charge is 2.13. The zero-order valence-corrected chi connectivity index (χ0v) is 10.8. The van der Waals surface area contributed by atoms with Crippen LogP contribution < -0.4 is 0 Å². The Labute approximate surface area is 102 Å². The first-order valence-electron chi connectivity index (χ1n) is 5.51. The van der Waals surface area contributed by atoms with E-state index in [0.717, 1.165) is 12.1 Å². The Morgan fingerprint density at radius 1 is 1.44 bits per heavy atom. The second kappa shape index (κ2) is 6.18. The monoisotopic (exact) mass is 242 g/mol. The van der Waals surface area contributed by atoms with Crippen molar-refractivity contribution in [3.05, 3.63) is 29.0 Å². The smallest absolute Gasteiger partial charge is 0.0639 e. The van der Waals surface area contributed by atoms with Gasteiger partial charge in [-0.2, -0.15) is 0 Å². The van der Waals surface area contributed by atoms with Crippen molar-refractivity contribution in [3.63, 3.8) is 0 Å². The molecule has 1 aromatic rings. The fraction of sp³-hybridized carbons (Fsp3) is 0.583. The minimum Gasteiger partial charge on any atom is -0.392 e. The average molecular weight is 243 g/mol. The van der Waals surface area contributed by atoms with E-state index >= 15 is 0 Å². The van der Waals surface area contributed by atoms with Gasteiger partial charge in [0.05, 0.1) is 11.1 Å². The highest BCUT2D eigenvalue weighted by Crippen LogP contribution is 2.17. The van der Waals surface area contributed by atoms with Gasteiger partial charge in [-0.25, -0.2) is 0 Å². The van der Waals surface area contributed by atoms with Crippen molar-refractivity contribution in [3.8, 4) is 0 Å². The van der Waals surface area contributed by atoms with Gasteiger partial charge in [-0.15, -0.1) is 0 Å². The van der Waals surface area contributed by atoms with Crippen molar-refractivity contribution in [1.29, 1.82) is 0 Å². The van der Waals surface area contributed by atoms with Crippen LogP contribution in [0.4, 0.5) is 0 Å². The first-order chi connectivity index (χ1) is 7.50. The zero-order valence-electron chi connectivity index (χ0n) is 10.0. The molecule has 1 unspecified atom stereocenters. The summed E-state index contributed by atoms with van der Waals surface area (Å²) in [6, 6.07) is 2.29. The Balaban J connectivity index is 2.72. The van der Waals surface area contributed by atoms with Gasteiger partial charge >= 0.3 is 0 Å². The lowest BCUT2D eigenvalue weighted by Gasteiger charge is -2.27. The molecule has 0 radical (unpaired) electrons. The largest absolute Gasteiger partial charge is 0.392 e. The molecule has 0 aliphatic rings. The fourth-order valence-corrected chi connectivity index (χ4v) is 1.73. The van der Waals surface area contributed by atoms with E-state index in [1.165, 1.54) is 0 Å². The van der Waals surface area contributed by atoms with Crippen LogP contribution in [0.25, 0.3) is 0 Å². The van der Waals surface area contributed by atoms with Crippen LogP contribution in [0.2, 0.25) is 5.02 Å². The van der Waals surface area contributed by atoms with E-state index < -0.39 is 0 Å². The van der Waals surface area contributed by atoms with Crippen molar-refractivity contribution >= 4 is 11.6 Å². The van der Waals surface area contributed by atoms with Gasteiger partial charge < -0.3 is 5.11 Å². The van der Waals surface area contributed by atoms with Crippen molar-refractivity contribution in [2.24, 2.45) is 0 Å². The van der Waals surface area contributed by atoms with Crippen molar-refractivity contribution in [1.82, 2.24) is 9.88 Å². The molecule has 4 heteroatoms. The van der Waals surface area contributed by atoms with E-state index in [1.54, 1.807) is 19.3 Å². The van der Waals surface area contributed by atoms with E-state index in [4.69, 9.17) is 11.6 Å². The number of aromatic nitrogens is 1. The van der Waals surface area contributed by atoms with Gasteiger partial charge in [0.2, 0.25) is 0 Å². The molecular formula is C12H19ClN2O. The summed E-state index contributed by atoms with van der Waals surface area (Å²) in [6.45, 7) is 7.40. The van der Waals surface area contributed by atoms with E-state index in [1.807, 2.05) is 6.07 Å². The van der Waals surface area contributed by atoms with Crippen LogP contribution in [0.15, 0.2) is 18.5 Å². The van der Waals surface area contributed by atoms with Crippen LogP contribution in [0.1, 0.15) is 26.3 Å². The first kappa shape index (κ1) is 13.4. The number of halogens is 1. The van der Waals surface area contributed by atoms with Crippen LogP contribution in [-0.2, 0) is 6.54 Å². The second-order valence-electron chi connectivity index (χ2n) is 4.34. The Morgan fingerprint density at radius 2 is 2.12 bits per heavy atom. The van der Waals surface area contributed by atoms with E-state index in [2.05, 4.69) is 23.7 Å². The summed E-state index contributed by atoms with van der Waals surface area (Å²) in [6.07, 6.45) is 3.06. The van der Waals surface area contributed by atoms with Gasteiger partial charge in [0.25, 0.3) is 0 Å². The molecule has 0 aliphatic carbocycles. The molecule has 1 heterocycles. The third kappa shape index (κ3) is 4.08. The molecule has 0 amide bonds. The second-order valence-corrected chi connectivity index (χ2v) is 4.75. The Bertz CT molecular complexity index is 329. The van der Waals surface area contributed by atoms with Gasteiger partial charge in [-0.3, -0.25) is 9.88 Å². The minimum absolute atomic E-state index is 0.331. The summed E-state index contributed by atoms with van der Waals surface area (Å²) in [5, 5.41) is 10.1. The molecule has 1 atom stereocenters. The highest BCUT2D eigenvalue weighted by atomic mass is 35.5. The van der Waals surface area contributed by atoms with E-state index in [0.29, 0.717) is 17.6 Å². The molecule has 0 bridgehead atoms. The van der Waals surface area contributed by atoms with Crippen molar-refractivity contribution in [2.75, 3.05) is 6.54 Å². The normalized spacial score (nSPS) is 13.4. The molecular weight excluding hydrogens is 224 g/mol. The molecule has 0 saturated heterocycles. The number of aliphatic hydroxyl groups excluding tert-OH is 1. The van der Waals surface area contributed by atoms with Gasteiger partial charge in [-0.05, 0) is 32.4 Å². The summed E-state index contributed by atoms with van der Waals surface area (Å²) < 4.78 is 0. The topological polar surface area (TPSA) is 36.4 Å². The van der Waals surface area contributed by atoms with E-state index in [-0.39, 0.29) is 6.10 Å². The lowest BCUT2D eigenvalue weighted by Crippen LogP contribution is -2.36. The molecule has 0 aromatic carbocycles. The SMILES string of the molecule is CC(O)CN(Cc1ccncc1Cl)C(C)C. The standard InChI is InChI=1S/C12H19ClN2O/c1-9(2)15(7-10(3)16)8-11-4-5-14-6-12(11)13/h4-6,9-10,16H,7-8H2,1-3H3. The molecule has 0 spiro atoms. The predicted molar refractivity (Wildman–Crippen MR) is 66.5 cm³/mol. The predicted octanol–water partition coefficient (Wildman–Crippen LogP) is 2.33. The lowest BCUT2D eigenvalue weighted by atomic mass is 10.2. The van der Waals surface area contributed by atoms with Gasteiger partial charge in [0, 0.05) is 31.5 Å². The molecule has 0 fully saturated rings. The molecule has 3 nitrogen and oxygen atoms in total. The van der Waals surface area contributed by atoms with E-state index in [9.17, 15) is 5.11 Å². The molecule has 1 aromatic heterocycles. The molecule has 0 saturated carbocycles. The van der Waals surface area contributed by atoms with Crippen LogP contribution in [0.3, 0.4) is 0 Å². The molecule has 1 rings (SSSR count). The number of pyridine rings is 1. The van der Waals surface area contributed by atoms with Gasteiger partial charge in [0.15, 0.2) is 0 Å². The lowest BCUT2D eigenvalue weighted by molar-refractivity contribution is 0.103. The Kier molecular flexibility index (Phi) is 5.19. The van der Waals surface area contributed by atoms with Crippen LogP contribution in [-0.4, -0.2) is 33.7 Å². The summed E-state index contributed by atoms with van der Waals surface area (Å²) in [4.78, 5) is 6.14. The van der Waals surface area contributed by atoms with Gasteiger partial charge in [0.1, 0.15) is 0 Å². The maximum atomic E-state index is 9.43. The summed E-state index contributed by atoms with van der Waals surface area (Å²) in [5.41, 5.74) is 1.05. The molecule has 0 aliphatic heterocycles. The van der Waals surface area contributed by atoms with Crippen molar-refractivity contribution < 1.29 is 5.11 Å².